The highest BCUT2D eigenvalue weighted by atomic mass is 16.1. The van der Waals surface area contributed by atoms with E-state index in [2.05, 4.69) is 41.7 Å². The molecule has 0 radical (unpaired) electrons. The van der Waals surface area contributed by atoms with Crippen molar-refractivity contribution < 1.29 is 4.79 Å². The van der Waals surface area contributed by atoms with Crippen LogP contribution in [0.15, 0.2) is 29.3 Å². The lowest BCUT2D eigenvalue weighted by molar-refractivity contribution is 0.0939. The maximum Gasteiger partial charge on any atom is 0.251 e. The van der Waals surface area contributed by atoms with Crippen molar-refractivity contribution in [2.24, 2.45) is 4.99 Å². The molecule has 5 heteroatoms. The molecule has 24 heavy (non-hydrogen) atoms. The lowest BCUT2D eigenvalue weighted by Gasteiger charge is -2.12. The third kappa shape index (κ3) is 7.49. The number of nitrogens with zero attached hydrogens (tertiary/aromatic N) is 1. The van der Waals surface area contributed by atoms with Gasteiger partial charge in [0, 0.05) is 24.7 Å². The second-order valence-corrected chi connectivity index (χ2v) is 5.96. The van der Waals surface area contributed by atoms with Gasteiger partial charge in [-0.05, 0) is 44.4 Å². The van der Waals surface area contributed by atoms with Gasteiger partial charge in [-0.15, -0.1) is 0 Å². The highest BCUT2D eigenvalue weighted by Crippen LogP contribution is 2.06. The number of unbranched alkanes of at least 4 members (excludes halogenated alkanes) is 1. The molecule has 0 aliphatic carbocycles. The van der Waals surface area contributed by atoms with Crippen LogP contribution in [-0.4, -0.2) is 31.0 Å². The number of rotatable bonds is 9. The topological polar surface area (TPSA) is 65.5 Å². The van der Waals surface area contributed by atoms with E-state index in [1.165, 1.54) is 0 Å². The Bertz CT molecular complexity index is 511. The Morgan fingerprint density at radius 1 is 1.12 bits per heavy atom. The average Bonchev–Trinajstić information content (AvgIpc) is 2.60. The van der Waals surface area contributed by atoms with Crippen LogP contribution in [0.3, 0.4) is 0 Å². The van der Waals surface area contributed by atoms with Crippen LogP contribution in [0.25, 0.3) is 0 Å². The Labute approximate surface area is 146 Å². The largest absolute Gasteiger partial charge is 0.357 e. The van der Waals surface area contributed by atoms with Crippen molar-refractivity contribution in [2.45, 2.75) is 59.5 Å². The summed E-state index contributed by atoms with van der Waals surface area (Å²) in [6.45, 7) is 10.7. The molecule has 0 saturated heterocycles. The summed E-state index contributed by atoms with van der Waals surface area (Å²) in [4.78, 5) is 16.7. The summed E-state index contributed by atoms with van der Waals surface area (Å²) in [5, 5.41) is 9.54. The fourth-order valence-corrected chi connectivity index (χ4v) is 2.07. The number of hydrogen-bond acceptors (Lipinski definition) is 2. The second kappa shape index (κ2) is 11.5. The van der Waals surface area contributed by atoms with E-state index in [0.29, 0.717) is 12.1 Å². The van der Waals surface area contributed by atoms with Crippen LogP contribution in [0.5, 0.6) is 0 Å². The van der Waals surface area contributed by atoms with E-state index in [1.807, 2.05) is 31.2 Å². The Hall–Kier alpha value is -2.04. The van der Waals surface area contributed by atoms with Gasteiger partial charge in [-0.2, -0.15) is 0 Å². The van der Waals surface area contributed by atoms with Gasteiger partial charge in [0.1, 0.15) is 0 Å². The van der Waals surface area contributed by atoms with Crippen LogP contribution in [0.4, 0.5) is 0 Å². The molecule has 5 nitrogen and oxygen atoms in total. The van der Waals surface area contributed by atoms with Gasteiger partial charge >= 0.3 is 0 Å². The summed E-state index contributed by atoms with van der Waals surface area (Å²) in [5.74, 6) is 0.818. The third-order valence-electron chi connectivity index (χ3n) is 3.79. The predicted molar refractivity (Wildman–Crippen MR) is 101 cm³/mol. The van der Waals surface area contributed by atoms with Gasteiger partial charge in [0.25, 0.3) is 5.91 Å². The lowest BCUT2D eigenvalue weighted by atomic mass is 10.1. The first kappa shape index (κ1) is 20.0. The van der Waals surface area contributed by atoms with Crippen molar-refractivity contribution in [3.05, 3.63) is 35.4 Å². The van der Waals surface area contributed by atoms with Crippen molar-refractivity contribution in [1.29, 1.82) is 0 Å². The van der Waals surface area contributed by atoms with E-state index >= 15 is 0 Å². The second-order valence-electron chi connectivity index (χ2n) is 5.96. The van der Waals surface area contributed by atoms with Crippen LogP contribution in [-0.2, 0) is 6.54 Å². The smallest absolute Gasteiger partial charge is 0.251 e. The van der Waals surface area contributed by atoms with E-state index in [-0.39, 0.29) is 11.9 Å². The zero-order valence-electron chi connectivity index (χ0n) is 15.5. The van der Waals surface area contributed by atoms with Gasteiger partial charge in [-0.3, -0.25) is 4.79 Å². The number of benzene rings is 1. The van der Waals surface area contributed by atoms with Crippen molar-refractivity contribution >= 4 is 11.9 Å². The average molecular weight is 332 g/mol. The standard InChI is InChI=1S/C19H32N4O/c1-5-8-13-21-19(20-7-3)22-14-16-9-11-17(12-10-16)18(24)23-15(4)6-2/h9-12,15H,5-8,13-14H2,1-4H3,(H,23,24)(H2,20,21,22). The maximum atomic E-state index is 12.1. The molecule has 0 saturated carbocycles. The van der Waals surface area contributed by atoms with Crippen LogP contribution in [0.1, 0.15) is 62.9 Å². The highest BCUT2D eigenvalue weighted by molar-refractivity contribution is 5.94. The summed E-state index contributed by atoms with van der Waals surface area (Å²) in [6, 6.07) is 7.84. The number of nitrogens with one attached hydrogen (secondary N) is 3. The minimum atomic E-state index is -0.0195. The number of amides is 1. The molecule has 0 aromatic heterocycles. The first-order chi connectivity index (χ1) is 11.6. The first-order valence-corrected chi connectivity index (χ1v) is 9.02. The quantitative estimate of drug-likeness (QED) is 0.370. The normalized spacial score (nSPS) is 12.6. The van der Waals surface area contributed by atoms with E-state index < -0.39 is 0 Å². The zero-order chi connectivity index (χ0) is 17.8. The Balaban J connectivity index is 2.61. The van der Waals surface area contributed by atoms with Crippen molar-refractivity contribution in [2.75, 3.05) is 13.1 Å². The number of guanidine groups is 1. The number of hydrogen-bond donors (Lipinski definition) is 3. The number of aliphatic imine (C=N–C) groups is 1. The molecule has 1 unspecified atom stereocenters. The van der Waals surface area contributed by atoms with E-state index in [4.69, 9.17) is 0 Å². The molecule has 1 aromatic carbocycles. The summed E-state index contributed by atoms with van der Waals surface area (Å²) in [6.07, 6.45) is 3.22. The Morgan fingerprint density at radius 3 is 2.42 bits per heavy atom. The van der Waals surface area contributed by atoms with Gasteiger partial charge in [0.15, 0.2) is 5.96 Å². The maximum absolute atomic E-state index is 12.1. The Morgan fingerprint density at radius 2 is 1.83 bits per heavy atom. The van der Waals surface area contributed by atoms with Gasteiger partial charge in [0.05, 0.1) is 6.54 Å². The van der Waals surface area contributed by atoms with Gasteiger partial charge in [-0.25, -0.2) is 4.99 Å². The summed E-state index contributed by atoms with van der Waals surface area (Å²) < 4.78 is 0. The van der Waals surface area contributed by atoms with Crippen LogP contribution in [0, 0.1) is 0 Å². The molecule has 3 N–H and O–H groups in total. The summed E-state index contributed by atoms with van der Waals surface area (Å²) in [5.41, 5.74) is 1.78. The SMILES string of the molecule is CCCCNC(=NCc1ccc(C(=O)NC(C)CC)cc1)NCC. The molecular weight excluding hydrogens is 300 g/mol. The van der Waals surface area contributed by atoms with Gasteiger partial charge in [-0.1, -0.05) is 32.4 Å². The summed E-state index contributed by atoms with van der Waals surface area (Å²) >= 11 is 0. The molecule has 1 aromatic rings. The molecule has 134 valence electrons. The third-order valence-corrected chi connectivity index (χ3v) is 3.79. The zero-order valence-corrected chi connectivity index (χ0v) is 15.5. The number of carbonyl (C=O) groups excluding carboxylic acids is 1. The molecule has 0 spiro atoms. The minimum absolute atomic E-state index is 0.0195. The van der Waals surface area contributed by atoms with Gasteiger partial charge < -0.3 is 16.0 Å². The molecule has 0 heterocycles. The molecule has 0 bridgehead atoms. The Kier molecular flexibility index (Phi) is 9.58. The molecule has 1 rings (SSSR count). The van der Waals surface area contributed by atoms with Crippen molar-refractivity contribution in [1.82, 2.24) is 16.0 Å². The first-order valence-electron chi connectivity index (χ1n) is 9.02. The van der Waals surface area contributed by atoms with E-state index in [0.717, 1.165) is 43.9 Å². The van der Waals surface area contributed by atoms with E-state index in [9.17, 15) is 4.79 Å². The molecular formula is C19H32N4O. The van der Waals surface area contributed by atoms with Gasteiger partial charge in [0.2, 0.25) is 0 Å². The van der Waals surface area contributed by atoms with Crippen molar-refractivity contribution in [3.63, 3.8) is 0 Å². The van der Waals surface area contributed by atoms with Crippen molar-refractivity contribution in [3.8, 4) is 0 Å². The predicted octanol–water partition coefficient (Wildman–Crippen LogP) is 3.07. The van der Waals surface area contributed by atoms with Crippen LogP contribution >= 0.6 is 0 Å². The number of carbonyl (C=O) groups is 1. The van der Waals surface area contributed by atoms with Crippen LogP contribution in [0.2, 0.25) is 0 Å². The van der Waals surface area contributed by atoms with E-state index in [1.54, 1.807) is 0 Å². The fraction of sp³-hybridized carbons (Fsp3) is 0.579. The van der Waals surface area contributed by atoms with Crippen LogP contribution < -0.4 is 16.0 Å². The molecule has 1 amide bonds. The monoisotopic (exact) mass is 332 g/mol. The molecule has 0 aliphatic rings. The molecule has 1 atom stereocenters. The fourth-order valence-electron chi connectivity index (χ4n) is 2.07. The summed E-state index contributed by atoms with van der Waals surface area (Å²) in [7, 11) is 0. The molecule has 0 fully saturated rings. The lowest BCUT2D eigenvalue weighted by Crippen LogP contribution is -2.37. The minimum Gasteiger partial charge on any atom is -0.357 e. The highest BCUT2D eigenvalue weighted by Gasteiger charge is 2.08. The molecule has 0 aliphatic heterocycles.